The molecular weight excluding hydrogens is 534 g/mol. The van der Waals surface area contributed by atoms with Crippen LogP contribution in [0.4, 0.5) is 5.69 Å². The van der Waals surface area contributed by atoms with E-state index in [1.54, 1.807) is 24.3 Å². The Morgan fingerprint density at radius 2 is 1.62 bits per heavy atom. The van der Waals surface area contributed by atoms with Crippen molar-refractivity contribution in [2.45, 2.75) is 23.9 Å². The first-order valence-electron chi connectivity index (χ1n) is 12.5. The fraction of sp³-hybridized carbons (Fsp3) is 0.250. The highest BCUT2D eigenvalue weighted by Gasteiger charge is 2.26. The quantitative estimate of drug-likeness (QED) is 0.319. The number of aromatic nitrogens is 3. The van der Waals surface area contributed by atoms with Gasteiger partial charge >= 0.3 is 0 Å². The van der Waals surface area contributed by atoms with Crippen LogP contribution in [-0.4, -0.2) is 65.5 Å². The van der Waals surface area contributed by atoms with Crippen molar-refractivity contribution in [2.24, 2.45) is 0 Å². The Kier molecular flexibility index (Phi) is 8.12. The zero-order valence-corrected chi connectivity index (χ0v) is 23.3. The summed E-state index contributed by atoms with van der Waals surface area (Å²) >= 11 is 1.28. The number of amides is 1. The number of carbonyl (C=O) groups excluding carboxylic acids is 1. The Labute approximate surface area is 232 Å². The van der Waals surface area contributed by atoms with Gasteiger partial charge in [-0.3, -0.25) is 9.36 Å². The third kappa shape index (κ3) is 6.22. The third-order valence-corrected chi connectivity index (χ3v) is 9.05. The van der Waals surface area contributed by atoms with Crippen LogP contribution in [0.15, 0.2) is 82.8 Å². The SMILES string of the molecule is Cc1cc(C)cc(NC(=O)CSc2nnc(-c3ccc(S(=O)(=O)N4CCOCC4)cc3)n2-c2ccccc2)c1. The van der Waals surface area contributed by atoms with E-state index in [1.807, 2.05) is 60.9 Å². The molecule has 0 atom stereocenters. The molecule has 1 fully saturated rings. The van der Waals surface area contributed by atoms with Gasteiger partial charge in [-0.2, -0.15) is 4.31 Å². The first-order chi connectivity index (χ1) is 18.8. The lowest BCUT2D eigenvalue weighted by molar-refractivity contribution is -0.113. The Morgan fingerprint density at radius 3 is 2.28 bits per heavy atom. The summed E-state index contributed by atoms with van der Waals surface area (Å²) in [4.78, 5) is 13.0. The second-order valence-electron chi connectivity index (χ2n) is 9.23. The van der Waals surface area contributed by atoms with Gasteiger partial charge < -0.3 is 10.1 Å². The maximum absolute atomic E-state index is 13.0. The number of carbonyl (C=O) groups is 1. The number of morpholine rings is 1. The summed E-state index contributed by atoms with van der Waals surface area (Å²) in [5, 5.41) is 12.3. The highest BCUT2D eigenvalue weighted by atomic mass is 32.2. The van der Waals surface area contributed by atoms with Gasteiger partial charge in [0.15, 0.2) is 11.0 Å². The van der Waals surface area contributed by atoms with E-state index in [2.05, 4.69) is 21.6 Å². The Bertz CT molecular complexity index is 1550. The number of rotatable bonds is 8. The Morgan fingerprint density at radius 1 is 0.949 bits per heavy atom. The van der Waals surface area contributed by atoms with Crippen molar-refractivity contribution in [1.29, 1.82) is 0 Å². The number of hydrogen-bond donors (Lipinski definition) is 1. The number of nitrogens with one attached hydrogen (secondary N) is 1. The molecule has 0 spiro atoms. The van der Waals surface area contributed by atoms with Crippen LogP contribution in [0.2, 0.25) is 0 Å². The van der Waals surface area contributed by atoms with Crippen LogP contribution in [-0.2, 0) is 19.6 Å². The van der Waals surface area contributed by atoms with Gasteiger partial charge in [-0.25, -0.2) is 8.42 Å². The summed E-state index contributed by atoms with van der Waals surface area (Å²) in [6, 6.07) is 22.2. The lowest BCUT2D eigenvalue weighted by Crippen LogP contribution is -2.40. The second-order valence-corrected chi connectivity index (χ2v) is 12.1. The van der Waals surface area contributed by atoms with Crippen LogP contribution < -0.4 is 5.32 Å². The average molecular weight is 564 g/mol. The zero-order valence-electron chi connectivity index (χ0n) is 21.7. The van der Waals surface area contributed by atoms with Gasteiger partial charge in [-0.15, -0.1) is 10.2 Å². The van der Waals surface area contributed by atoms with Crippen molar-refractivity contribution in [2.75, 3.05) is 37.4 Å². The van der Waals surface area contributed by atoms with Crippen LogP contribution in [0, 0.1) is 13.8 Å². The Balaban J connectivity index is 1.39. The molecule has 2 heterocycles. The van der Waals surface area contributed by atoms with Crippen molar-refractivity contribution in [3.63, 3.8) is 0 Å². The smallest absolute Gasteiger partial charge is 0.243 e. The Hall–Kier alpha value is -3.51. The molecule has 1 aliphatic rings. The van der Waals surface area contributed by atoms with E-state index in [1.165, 1.54) is 16.1 Å². The zero-order chi connectivity index (χ0) is 27.4. The maximum atomic E-state index is 13.0. The van der Waals surface area contributed by atoms with E-state index < -0.39 is 10.0 Å². The van der Waals surface area contributed by atoms with Gasteiger partial charge in [0.05, 0.1) is 23.9 Å². The van der Waals surface area contributed by atoms with E-state index >= 15 is 0 Å². The van der Waals surface area contributed by atoms with E-state index in [4.69, 9.17) is 4.74 Å². The molecule has 1 aromatic heterocycles. The molecule has 39 heavy (non-hydrogen) atoms. The molecule has 0 aliphatic carbocycles. The molecule has 202 valence electrons. The highest BCUT2D eigenvalue weighted by molar-refractivity contribution is 7.99. The summed E-state index contributed by atoms with van der Waals surface area (Å²) in [5.74, 6) is 0.551. The molecule has 1 saturated heterocycles. The normalized spacial score (nSPS) is 14.3. The van der Waals surface area contributed by atoms with Crippen LogP contribution in [0.5, 0.6) is 0 Å². The van der Waals surface area contributed by atoms with Crippen LogP contribution in [0.3, 0.4) is 0 Å². The average Bonchev–Trinajstić information content (AvgIpc) is 3.36. The van der Waals surface area contributed by atoms with E-state index in [9.17, 15) is 13.2 Å². The monoisotopic (exact) mass is 563 g/mol. The van der Waals surface area contributed by atoms with Gasteiger partial charge in [-0.1, -0.05) is 36.0 Å². The molecule has 0 bridgehead atoms. The number of hydrogen-bond acceptors (Lipinski definition) is 7. The highest BCUT2D eigenvalue weighted by Crippen LogP contribution is 2.29. The molecule has 9 nitrogen and oxygen atoms in total. The lowest BCUT2D eigenvalue weighted by atomic mass is 10.1. The first-order valence-corrected chi connectivity index (χ1v) is 14.9. The maximum Gasteiger partial charge on any atom is 0.243 e. The minimum atomic E-state index is -3.61. The molecule has 1 amide bonds. The van der Waals surface area contributed by atoms with Gasteiger partial charge in [0.25, 0.3) is 0 Å². The molecule has 4 aromatic rings. The number of thioether (sulfide) groups is 1. The molecule has 0 unspecified atom stereocenters. The number of para-hydroxylation sites is 1. The standard InChI is InChI=1S/C28H29N5O4S2/c1-20-16-21(2)18-23(17-20)29-26(34)19-38-28-31-30-27(33(28)24-6-4-3-5-7-24)22-8-10-25(11-9-22)39(35,36)32-12-14-37-15-13-32/h3-11,16-18H,12-15,19H2,1-2H3,(H,29,34). The van der Waals surface area contributed by atoms with Crippen LogP contribution in [0.1, 0.15) is 11.1 Å². The van der Waals surface area contributed by atoms with Gasteiger partial charge in [0.2, 0.25) is 15.9 Å². The van der Waals surface area contributed by atoms with E-state index in [0.717, 1.165) is 22.5 Å². The minimum Gasteiger partial charge on any atom is -0.379 e. The molecule has 3 aromatic carbocycles. The predicted octanol–water partition coefficient (Wildman–Crippen LogP) is 4.30. The number of ether oxygens (including phenoxy) is 1. The number of nitrogens with zero attached hydrogens (tertiary/aromatic N) is 4. The lowest BCUT2D eigenvalue weighted by Gasteiger charge is -2.26. The molecule has 0 saturated carbocycles. The van der Waals surface area contributed by atoms with Crippen molar-refractivity contribution in [3.05, 3.63) is 83.9 Å². The predicted molar refractivity (Wildman–Crippen MR) is 152 cm³/mol. The topological polar surface area (TPSA) is 106 Å². The summed E-state index contributed by atoms with van der Waals surface area (Å²) in [7, 11) is -3.61. The largest absolute Gasteiger partial charge is 0.379 e. The molecule has 11 heteroatoms. The van der Waals surface area contributed by atoms with Crippen molar-refractivity contribution in [3.8, 4) is 17.1 Å². The molecule has 5 rings (SSSR count). The number of aryl methyl sites for hydroxylation is 2. The summed E-state index contributed by atoms with van der Waals surface area (Å²) < 4.78 is 34.7. The summed E-state index contributed by atoms with van der Waals surface area (Å²) in [6.45, 7) is 5.44. The molecule has 1 N–H and O–H groups in total. The van der Waals surface area contributed by atoms with Gasteiger partial charge in [0, 0.05) is 30.0 Å². The van der Waals surface area contributed by atoms with Gasteiger partial charge in [-0.05, 0) is 73.5 Å². The fourth-order valence-electron chi connectivity index (χ4n) is 4.45. The summed E-state index contributed by atoms with van der Waals surface area (Å²) in [6.07, 6.45) is 0. The molecular formula is C28H29N5O4S2. The van der Waals surface area contributed by atoms with E-state index in [0.29, 0.717) is 42.8 Å². The third-order valence-electron chi connectivity index (χ3n) is 6.21. The molecule has 1 aliphatic heterocycles. The van der Waals surface area contributed by atoms with Crippen LogP contribution >= 0.6 is 11.8 Å². The molecule has 0 radical (unpaired) electrons. The van der Waals surface area contributed by atoms with Crippen molar-refractivity contribution in [1.82, 2.24) is 19.1 Å². The van der Waals surface area contributed by atoms with Crippen molar-refractivity contribution >= 4 is 33.4 Å². The number of benzene rings is 3. The fourth-order valence-corrected chi connectivity index (χ4v) is 6.61. The second kappa shape index (κ2) is 11.7. The van der Waals surface area contributed by atoms with Gasteiger partial charge in [0.1, 0.15) is 0 Å². The van der Waals surface area contributed by atoms with Crippen LogP contribution in [0.25, 0.3) is 17.1 Å². The number of anilines is 1. The van der Waals surface area contributed by atoms with Crippen molar-refractivity contribution < 1.29 is 17.9 Å². The van der Waals surface area contributed by atoms with E-state index in [-0.39, 0.29) is 16.6 Å². The first kappa shape index (κ1) is 27.1. The number of sulfonamides is 1. The summed E-state index contributed by atoms with van der Waals surface area (Å²) in [5.41, 5.74) is 4.46. The minimum absolute atomic E-state index is 0.146.